The minimum Gasteiger partial charge on any atom is -0.872 e. The van der Waals surface area contributed by atoms with Gasteiger partial charge in [0.25, 0.3) is 5.91 Å². The molecule has 32 heavy (non-hydrogen) atoms. The molecule has 1 amide bonds. The first-order chi connectivity index (χ1) is 14.6. The summed E-state index contributed by atoms with van der Waals surface area (Å²) in [5, 5.41) is 13.8. The number of rotatable bonds is 3. The van der Waals surface area contributed by atoms with Crippen LogP contribution in [-0.4, -0.2) is 25.4 Å². The number of fused-ring (bicyclic) bond motifs is 1. The van der Waals surface area contributed by atoms with Crippen molar-refractivity contribution in [2.75, 3.05) is 5.32 Å². The average Bonchev–Trinajstić information content (AvgIpc) is 3.07. The second-order valence-corrected chi connectivity index (χ2v) is 6.56. The predicted octanol–water partition coefficient (Wildman–Crippen LogP) is 0.612. The number of carbonyl (C=O) groups is 1. The molecule has 4 aromatic rings. The topological polar surface area (TPSA) is 95.8 Å². The van der Waals surface area contributed by atoms with Crippen LogP contribution in [0, 0.1) is 12.7 Å². The number of hydrogen-bond donors (Lipinski definition) is 1. The molecule has 0 bridgehead atoms. The monoisotopic (exact) mass is 453 g/mol. The first kappa shape index (κ1) is 23.6. The van der Waals surface area contributed by atoms with Gasteiger partial charge < -0.3 is 10.4 Å². The van der Waals surface area contributed by atoms with Crippen molar-refractivity contribution in [3.05, 3.63) is 71.6 Å². The number of hydrogen-bond acceptors (Lipinski definition) is 5. The molecule has 2 aromatic carbocycles. The maximum atomic E-state index is 14.0. The molecule has 0 aliphatic rings. The maximum Gasteiger partial charge on any atom is 1.00 e. The number of nitrogens with zero attached hydrogens (tertiary/aromatic N) is 4. The fraction of sp³-hybridized carbons (Fsp3) is 0.100. The Labute approximate surface area is 200 Å². The molecule has 4 rings (SSSR count). The Morgan fingerprint density at radius 1 is 1.12 bits per heavy atom. The third kappa shape index (κ3) is 4.45. The smallest absolute Gasteiger partial charge is 0.872 e. The minimum absolute atomic E-state index is 0. The fourth-order valence-corrected chi connectivity index (χ4v) is 3.08. The van der Waals surface area contributed by atoms with Gasteiger partial charge in [0.1, 0.15) is 5.82 Å². The van der Waals surface area contributed by atoms with Crippen molar-refractivity contribution < 1.29 is 57.0 Å². The summed E-state index contributed by atoms with van der Waals surface area (Å²) >= 11 is 0. The van der Waals surface area contributed by atoms with Gasteiger partial charge in [-0.15, -0.1) is 5.75 Å². The van der Waals surface area contributed by atoms with E-state index in [1.807, 2.05) is 0 Å². The molecule has 0 atom stereocenters. The Kier molecular flexibility index (Phi) is 6.54. The van der Waals surface area contributed by atoms with Gasteiger partial charge in [0.05, 0.1) is 29.0 Å². The Morgan fingerprint density at radius 3 is 2.50 bits per heavy atom. The summed E-state index contributed by atoms with van der Waals surface area (Å²) in [6.07, 6.45) is -2.78. The summed E-state index contributed by atoms with van der Waals surface area (Å²) in [7, 11) is 0. The normalized spacial score (nSPS) is 11.3. The second kappa shape index (κ2) is 8.85. The van der Waals surface area contributed by atoms with Crippen molar-refractivity contribution in [1.82, 2.24) is 19.5 Å². The molecule has 0 radical (unpaired) electrons. The summed E-state index contributed by atoms with van der Waals surface area (Å²) < 4.78 is 55.1. The van der Waals surface area contributed by atoms with Gasteiger partial charge in [-0.1, -0.05) is 18.2 Å². The first-order valence-electron chi connectivity index (χ1n) is 8.81. The van der Waals surface area contributed by atoms with Crippen LogP contribution in [0.2, 0.25) is 0 Å². The van der Waals surface area contributed by atoms with Crippen LogP contribution < -0.4 is 40.0 Å². The molecule has 1 N–H and O–H groups in total. The van der Waals surface area contributed by atoms with Gasteiger partial charge in [0.15, 0.2) is 11.6 Å². The van der Waals surface area contributed by atoms with E-state index in [-0.39, 0.29) is 57.8 Å². The maximum absolute atomic E-state index is 14.0. The summed E-state index contributed by atoms with van der Waals surface area (Å²) in [5.74, 6) is -3.58. The molecule has 0 unspecified atom stereocenters. The minimum atomic E-state index is -4.82. The van der Waals surface area contributed by atoms with Crippen molar-refractivity contribution in [2.24, 2.45) is 0 Å². The summed E-state index contributed by atoms with van der Waals surface area (Å²) in [5.41, 5.74) is 0.0929. The van der Waals surface area contributed by atoms with E-state index < -0.39 is 29.5 Å². The molecule has 0 fully saturated rings. The summed E-state index contributed by atoms with van der Waals surface area (Å²) in [6, 6.07) is 7.45. The Balaban J connectivity index is 0.00000289. The van der Waals surface area contributed by atoms with Gasteiger partial charge in [0, 0.05) is 0 Å². The number of benzene rings is 2. The number of imidazole rings is 1. The summed E-state index contributed by atoms with van der Waals surface area (Å²) in [6.45, 7) is 1.56. The van der Waals surface area contributed by atoms with Gasteiger partial charge in [-0.05, 0) is 30.7 Å². The molecule has 0 saturated heterocycles. The molecule has 0 aliphatic carbocycles. The number of alkyl halides is 3. The number of amides is 1. The number of anilines is 1. The Bertz CT molecular complexity index is 1290. The zero-order valence-electron chi connectivity index (χ0n) is 16.7. The quantitative estimate of drug-likeness (QED) is 0.362. The van der Waals surface area contributed by atoms with E-state index in [0.29, 0.717) is 10.1 Å². The third-order valence-corrected chi connectivity index (χ3v) is 4.44. The molecule has 7 nitrogen and oxygen atoms in total. The molecule has 158 valence electrons. The van der Waals surface area contributed by atoms with Crippen LogP contribution in [0.15, 0.2) is 48.8 Å². The largest absolute Gasteiger partial charge is 1.00 e. The van der Waals surface area contributed by atoms with Crippen LogP contribution in [0.25, 0.3) is 16.9 Å². The van der Waals surface area contributed by atoms with Crippen molar-refractivity contribution in [2.45, 2.75) is 13.1 Å². The van der Waals surface area contributed by atoms with E-state index in [2.05, 4.69) is 20.3 Å². The van der Waals surface area contributed by atoms with Crippen molar-refractivity contribution in [3.63, 3.8) is 0 Å². The number of carbonyl (C=O) groups excluding carboxylic acids is 1. The number of halogens is 4. The van der Waals surface area contributed by atoms with E-state index in [9.17, 15) is 27.5 Å². The third-order valence-electron chi connectivity index (χ3n) is 4.44. The number of aromatic nitrogens is 4. The van der Waals surface area contributed by atoms with Crippen LogP contribution in [0.5, 0.6) is 5.75 Å². The van der Waals surface area contributed by atoms with Gasteiger partial charge in [-0.3, -0.25) is 9.36 Å². The van der Waals surface area contributed by atoms with E-state index in [1.165, 1.54) is 12.1 Å². The standard InChI is InChI=1S/C20H13F4N5O2.Na/c1-10-3-2-4-12(21)17(10)18(31)28-15-8-26-16(9-25-15)29-14-6-5-11(30)7-13(14)27-19(29)20(22,23)24;/h2-9,30H,1H3,(H,25,28,31);/q;+1/p-1. The van der Waals surface area contributed by atoms with Gasteiger partial charge in [-0.25, -0.2) is 19.3 Å². The van der Waals surface area contributed by atoms with Crippen LogP contribution in [0.1, 0.15) is 21.7 Å². The second-order valence-electron chi connectivity index (χ2n) is 6.56. The Hall–Kier alpha value is -3.02. The molecule has 0 spiro atoms. The molecule has 0 saturated carbocycles. The van der Waals surface area contributed by atoms with Crippen LogP contribution in [0.3, 0.4) is 0 Å². The summed E-state index contributed by atoms with van der Waals surface area (Å²) in [4.78, 5) is 23.7. The first-order valence-corrected chi connectivity index (χ1v) is 8.81. The molecule has 2 heterocycles. The zero-order chi connectivity index (χ0) is 22.3. The zero-order valence-corrected chi connectivity index (χ0v) is 18.7. The average molecular weight is 453 g/mol. The van der Waals surface area contributed by atoms with E-state index in [0.717, 1.165) is 30.6 Å². The molecular formula is C20H12F4N5NaO2. The van der Waals surface area contributed by atoms with Crippen molar-refractivity contribution in [3.8, 4) is 11.6 Å². The van der Waals surface area contributed by atoms with Crippen molar-refractivity contribution >= 4 is 22.8 Å². The van der Waals surface area contributed by atoms with E-state index in [4.69, 9.17) is 0 Å². The SMILES string of the molecule is Cc1cccc(F)c1C(=O)Nc1cnc(-n2c(C(F)(F)F)nc3cc([O-])ccc32)cn1.[Na+]. The number of nitrogens with one attached hydrogen (secondary N) is 1. The van der Waals surface area contributed by atoms with Crippen LogP contribution in [0.4, 0.5) is 23.4 Å². The molecule has 12 heteroatoms. The molecule has 0 aliphatic heterocycles. The molecular weight excluding hydrogens is 441 g/mol. The van der Waals surface area contributed by atoms with Crippen LogP contribution in [-0.2, 0) is 6.18 Å². The van der Waals surface area contributed by atoms with E-state index >= 15 is 0 Å². The molecule has 2 aromatic heterocycles. The fourth-order valence-electron chi connectivity index (χ4n) is 3.08. The van der Waals surface area contributed by atoms with Gasteiger partial charge in [-0.2, -0.15) is 13.2 Å². The van der Waals surface area contributed by atoms with Gasteiger partial charge in [0.2, 0.25) is 5.82 Å². The Morgan fingerprint density at radius 2 is 1.88 bits per heavy atom. The van der Waals surface area contributed by atoms with Gasteiger partial charge >= 0.3 is 35.7 Å². The predicted molar refractivity (Wildman–Crippen MR) is 100 cm³/mol. The van der Waals surface area contributed by atoms with Crippen LogP contribution >= 0.6 is 0 Å². The van der Waals surface area contributed by atoms with Crippen molar-refractivity contribution in [1.29, 1.82) is 0 Å². The number of aryl methyl sites for hydroxylation is 1. The van der Waals surface area contributed by atoms with E-state index in [1.54, 1.807) is 13.0 Å².